The SMILES string of the molecule is COc1ccc(C(=O)C2C(=O)C(=O)N(CCC[NH+](C)C)C2c2cc(OC)ccc2OC)c(C)c1. The molecule has 182 valence electrons. The van der Waals surface area contributed by atoms with Crippen molar-refractivity contribution in [3.8, 4) is 17.2 Å². The summed E-state index contributed by atoms with van der Waals surface area (Å²) < 4.78 is 16.2. The number of benzene rings is 2. The summed E-state index contributed by atoms with van der Waals surface area (Å²) >= 11 is 0. The van der Waals surface area contributed by atoms with Crippen molar-refractivity contribution < 1.29 is 33.5 Å². The van der Waals surface area contributed by atoms with E-state index >= 15 is 0 Å². The van der Waals surface area contributed by atoms with Crippen molar-refractivity contribution in [1.29, 1.82) is 0 Å². The molecule has 2 unspecified atom stereocenters. The second-order valence-electron chi connectivity index (χ2n) is 8.75. The van der Waals surface area contributed by atoms with E-state index in [1.807, 2.05) is 14.1 Å². The van der Waals surface area contributed by atoms with Crippen molar-refractivity contribution in [3.05, 3.63) is 53.1 Å². The van der Waals surface area contributed by atoms with E-state index < -0.39 is 29.4 Å². The number of Topliss-reactive ketones (excluding diaryl/α,β-unsaturated/α-hetero) is 2. The molecule has 2 aromatic rings. The zero-order chi connectivity index (χ0) is 25.0. The van der Waals surface area contributed by atoms with Crippen LogP contribution in [0.15, 0.2) is 36.4 Å². The van der Waals surface area contributed by atoms with E-state index in [4.69, 9.17) is 14.2 Å². The number of methoxy groups -OCH3 is 3. The van der Waals surface area contributed by atoms with E-state index in [0.29, 0.717) is 46.9 Å². The van der Waals surface area contributed by atoms with Crippen molar-refractivity contribution in [2.24, 2.45) is 5.92 Å². The van der Waals surface area contributed by atoms with Crippen molar-refractivity contribution in [3.63, 3.8) is 0 Å². The third-order valence-electron chi connectivity index (χ3n) is 6.22. The van der Waals surface area contributed by atoms with Gasteiger partial charge in [-0.2, -0.15) is 0 Å². The molecule has 1 saturated heterocycles. The molecule has 0 spiro atoms. The first-order chi connectivity index (χ1) is 16.2. The summed E-state index contributed by atoms with van der Waals surface area (Å²) in [5.41, 5.74) is 1.64. The number of rotatable bonds is 10. The Morgan fingerprint density at radius 2 is 1.62 bits per heavy atom. The normalized spacial score (nSPS) is 17.9. The highest BCUT2D eigenvalue weighted by molar-refractivity contribution is 6.44. The van der Waals surface area contributed by atoms with Gasteiger partial charge < -0.3 is 24.0 Å². The van der Waals surface area contributed by atoms with Crippen molar-refractivity contribution in [1.82, 2.24) is 4.90 Å². The molecule has 1 fully saturated rings. The van der Waals surface area contributed by atoms with Gasteiger partial charge in [-0.3, -0.25) is 14.4 Å². The summed E-state index contributed by atoms with van der Waals surface area (Å²) in [5.74, 6) is -1.28. The maximum atomic E-state index is 13.8. The Balaban J connectivity index is 2.12. The van der Waals surface area contributed by atoms with Gasteiger partial charge in [0.2, 0.25) is 5.78 Å². The van der Waals surface area contributed by atoms with Gasteiger partial charge in [-0.25, -0.2) is 0 Å². The number of carbonyl (C=O) groups excluding carboxylic acids is 3. The number of aryl methyl sites for hydroxylation is 1. The molecule has 1 amide bonds. The minimum absolute atomic E-state index is 0.353. The highest BCUT2D eigenvalue weighted by Crippen LogP contribution is 2.43. The number of hydrogen-bond acceptors (Lipinski definition) is 6. The number of amides is 1. The highest BCUT2D eigenvalue weighted by atomic mass is 16.5. The number of ether oxygens (including phenoxy) is 3. The first kappa shape index (κ1) is 25.2. The maximum absolute atomic E-state index is 13.8. The van der Waals surface area contributed by atoms with Crippen LogP contribution in [-0.2, 0) is 9.59 Å². The topological polar surface area (TPSA) is 86.6 Å². The maximum Gasteiger partial charge on any atom is 0.291 e. The minimum atomic E-state index is -1.19. The fourth-order valence-corrected chi connectivity index (χ4v) is 4.46. The van der Waals surface area contributed by atoms with Crippen molar-refractivity contribution in [2.45, 2.75) is 19.4 Å². The van der Waals surface area contributed by atoms with Crippen LogP contribution >= 0.6 is 0 Å². The fourth-order valence-electron chi connectivity index (χ4n) is 4.46. The van der Waals surface area contributed by atoms with Crippen molar-refractivity contribution in [2.75, 3.05) is 48.5 Å². The summed E-state index contributed by atoms with van der Waals surface area (Å²) in [6, 6.07) is 9.48. The molecular weight excluding hydrogens is 436 g/mol. The number of nitrogens with zero attached hydrogens (tertiary/aromatic N) is 1. The Labute approximate surface area is 200 Å². The molecule has 0 aliphatic carbocycles. The van der Waals surface area contributed by atoms with Crippen LogP contribution < -0.4 is 19.1 Å². The van der Waals surface area contributed by atoms with Crippen LogP contribution in [0.1, 0.15) is 33.9 Å². The lowest BCUT2D eigenvalue weighted by molar-refractivity contribution is -0.858. The molecule has 3 rings (SSSR count). The van der Waals surface area contributed by atoms with Gasteiger partial charge in [0.05, 0.1) is 48.0 Å². The number of quaternary nitrogens is 1. The Bertz CT molecular complexity index is 1080. The van der Waals surface area contributed by atoms with Crippen LogP contribution in [0.25, 0.3) is 0 Å². The van der Waals surface area contributed by atoms with Gasteiger partial charge in [-0.15, -0.1) is 0 Å². The molecule has 1 heterocycles. The standard InChI is InChI=1S/C26H32N2O6/c1-16-14-17(32-4)8-10-19(16)24(29)22-23(20-15-18(33-5)9-11-21(20)34-6)28(26(31)25(22)30)13-7-12-27(2)3/h8-11,14-15,22-23H,7,12-13H2,1-6H3/p+1. The number of carbonyl (C=O) groups is 3. The predicted octanol–water partition coefficient (Wildman–Crippen LogP) is 1.51. The number of nitrogens with one attached hydrogen (secondary N) is 1. The lowest BCUT2D eigenvalue weighted by Gasteiger charge is -2.29. The summed E-state index contributed by atoms with van der Waals surface area (Å²) in [6.07, 6.45) is 0.687. The largest absolute Gasteiger partial charge is 0.497 e. The molecule has 1 aliphatic heterocycles. The van der Waals surface area contributed by atoms with E-state index in [9.17, 15) is 14.4 Å². The number of ketones is 2. The van der Waals surface area contributed by atoms with Gasteiger partial charge in [0, 0.05) is 24.1 Å². The van der Waals surface area contributed by atoms with Gasteiger partial charge in [-0.05, 0) is 48.9 Å². The first-order valence-electron chi connectivity index (χ1n) is 11.3. The quantitative estimate of drug-likeness (QED) is 0.323. The number of hydrogen-bond donors (Lipinski definition) is 1. The van der Waals surface area contributed by atoms with Gasteiger partial charge in [0.1, 0.15) is 23.2 Å². The Kier molecular flexibility index (Phi) is 7.94. The Hall–Kier alpha value is -3.39. The van der Waals surface area contributed by atoms with E-state index in [-0.39, 0.29) is 0 Å². The molecule has 2 aromatic carbocycles. The van der Waals surface area contributed by atoms with Gasteiger partial charge in [0.15, 0.2) is 5.78 Å². The third kappa shape index (κ3) is 4.92. The summed E-state index contributed by atoms with van der Waals surface area (Å²) in [6.45, 7) is 2.96. The molecule has 34 heavy (non-hydrogen) atoms. The second-order valence-corrected chi connectivity index (χ2v) is 8.75. The molecule has 0 saturated carbocycles. The molecule has 0 bridgehead atoms. The molecule has 0 aromatic heterocycles. The van der Waals surface area contributed by atoms with E-state index in [1.54, 1.807) is 50.4 Å². The van der Waals surface area contributed by atoms with Crippen LogP contribution in [0, 0.1) is 12.8 Å². The van der Waals surface area contributed by atoms with E-state index in [2.05, 4.69) is 0 Å². The molecule has 8 heteroatoms. The molecular formula is C26H33N2O6+. The zero-order valence-electron chi connectivity index (χ0n) is 20.6. The van der Waals surface area contributed by atoms with E-state index in [1.165, 1.54) is 24.0 Å². The lowest BCUT2D eigenvalue weighted by Crippen LogP contribution is -3.05. The second kappa shape index (κ2) is 10.7. The third-order valence-corrected chi connectivity index (χ3v) is 6.22. The monoisotopic (exact) mass is 469 g/mol. The molecule has 8 nitrogen and oxygen atoms in total. The van der Waals surface area contributed by atoms with Crippen LogP contribution in [0.5, 0.6) is 17.2 Å². The fraction of sp³-hybridized carbons (Fsp3) is 0.423. The van der Waals surface area contributed by atoms with Crippen LogP contribution in [-0.4, -0.2) is 70.9 Å². The van der Waals surface area contributed by atoms with Crippen LogP contribution in [0.3, 0.4) is 0 Å². The Morgan fingerprint density at radius 1 is 0.971 bits per heavy atom. The smallest absolute Gasteiger partial charge is 0.291 e. The van der Waals surface area contributed by atoms with Gasteiger partial charge in [0.25, 0.3) is 5.91 Å². The van der Waals surface area contributed by atoms with Crippen LogP contribution in [0.2, 0.25) is 0 Å². The summed E-state index contributed by atoms with van der Waals surface area (Å²) in [7, 11) is 8.66. The average Bonchev–Trinajstić information content (AvgIpc) is 3.07. The zero-order valence-corrected chi connectivity index (χ0v) is 20.6. The van der Waals surface area contributed by atoms with Gasteiger partial charge >= 0.3 is 0 Å². The van der Waals surface area contributed by atoms with Crippen molar-refractivity contribution >= 4 is 17.5 Å². The molecule has 0 radical (unpaired) electrons. The number of likely N-dealkylation sites (tertiary alicyclic amines) is 1. The highest BCUT2D eigenvalue weighted by Gasteiger charge is 2.52. The minimum Gasteiger partial charge on any atom is -0.497 e. The summed E-state index contributed by atoms with van der Waals surface area (Å²) in [5, 5.41) is 0. The van der Waals surface area contributed by atoms with Gasteiger partial charge in [-0.1, -0.05) is 0 Å². The average molecular weight is 470 g/mol. The first-order valence-corrected chi connectivity index (χ1v) is 11.3. The lowest BCUT2D eigenvalue weighted by atomic mass is 9.84. The summed E-state index contributed by atoms with van der Waals surface area (Å²) in [4.78, 5) is 43.0. The Morgan fingerprint density at radius 3 is 2.21 bits per heavy atom. The molecule has 1 N–H and O–H groups in total. The molecule has 1 aliphatic rings. The predicted molar refractivity (Wildman–Crippen MR) is 127 cm³/mol. The van der Waals surface area contributed by atoms with Crippen LogP contribution in [0.4, 0.5) is 0 Å². The van der Waals surface area contributed by atoms with E-state index in [0.717, 1.165) is 6.54 Å². The molecule has 2 atom stereocenters.